The number of methoxy groups -OCH3 is 3. The maximum atomic E-state index is 12.3. The topological polar surface area (TPSA) is 127 Å². The summed E-state index contributed by atoms with van der Waals surface area (Å²) in [6.45, 7) is -0.539. The fraction of sp³-hybridized carbons (Fsp3) is 0.263. The van der Waals surface area contributed by atoms with E-state index in [9.17, 15) is 18.3 Å². The standard InChI is InChI=1S/C19H23N3O7S/c1-27-14-8-9-15(17(10-14)29-3)22(30(4,25)26)12-18(23)21-20-11-13-6-5-7-16(28-2)19(13)24/h5-11,24H,12H2,1-4H3,(H,21,23)/b20-11-. The van der Waals surface area contributed by atoms with Gasteiger partial charge in [-0.2, -0.15) is 5.10 Å². The van der Waals surface area contributed by atoms with E-state index < -0.39 is 22.5 Å². The number of carbonyl (C=O) groups is 1. The number of anilines is 1. The van der Waals surface area contributed by atoms with Crippen LogP contribution >= 0.6 is 0 Å². The molecule has 0 aliphatic heterocycles. The van der Waals surface area contributed by atoms with E-state index in [1.54, 1.807) is 24.3 Å². The number of hydrogen-bond donors (Lipinski definition) is 2. The summed E-state index contributed by atoms with van der Waals surface area (Å²) in [7, 11) is 0.438. The summed E-state index contributed by atoms with van der Waals surface area (Å²) in [6.07, 6.45) is 2.19. The largest absolute Gasteiger partial charge is 0.504 e. The molecule has 0 unspecified atom stereocenters. The number of hydrogen-bond acceptors (Lipinski definition) is 8. The lowest BCUT2D eigenvalue weighted by Gasteiger charge is -2.23. The SMILES string of the molecule is COc1ccc(N(CC(=O)N/N=C\c2cccc(OC)c2O)S(C)(=O)=O)c(OC)c1. The average Bonchev–Trinajstić information content (AvgIpc) is 2.72. The number of phenolic OH excluding ortho intramolecular Hbond substituents is 1. The number of sulfonamides is 1. The van der Waals surface area contributed by atoms with Crippen molar-refractivity contribution < 1.29 is 32.5 Å². The van der Waals surface area contributed by atoms with Gasteiger partial charge in [0, 0.05) is 11.6 Å². The van der Waals surface area contributed by atoms with E-state index >= 15 is 0 Å². The average molecular weight is 437 g/mol. The molecular formula is C19H23N3O7S. The molecule has 0 bridgehead atoms. The van der Waals surface area contributed by atoms with Crippen molar-refractivity contribution in [1.29, 1.82) is 0 Å². The monoisotopic (exact) mass is 437 g/mol. The third-order valence-corrected chi connectivity index (χ3v) is 5.11. The summed E-state index contributed by atoms with van der Waals surface area (Å²) in [5.74, 6) is 0.101. The second kappa shape index (κ2) is 9.83. The van der Waals surface area contributed by atoms with Crippen molar-refractivity contribution in [1.82, 2.24) is 5.43 Å². The fourth-order valence-electron chi connectivity index (χ4n) is 2.52. The number of nitrogens with one attached hydrogen (secondary N) is 1. The Bertz CT molecular complexity index is 1040. The zero-order chi connectivity index (χ0) is 22.3. The van der Waals surface area contributed by atoms with E-state index in [1.165, 1.54) is 39.7 Å². The van der Waals surface area contributed by atoms with Crippen LogP contribution in [0.2, 0.25) is 0 Å². The lowest BCUT2D eigenvalue weighted by Crippen LogP contribution is -2.39. The van der Waals surface area contributed by atoms with Gasteiger partial charge in [0.2, 0.25) is 10.0 Å². The van der Waals surface area contributed by atoms with E-state index in [-0.39, 0.29) is 22.9 Å². The Labute approximate surface area is 174 Å². The van der Waals surface area contributed by atoms with Crippen LogP contribution in [0.15, 0.2) is 41.5 Å². The van der Waals surface area contributed by atoms with Crippen molar-refractivity contribution in [3.63, 3.8) is 0 Å². The van der Waals surface area contributed by atoms with Crippen molar-refractivity contribution in [3.8, 4) is 23.0 Å². The van der Waals surface area contributed by atoms with Gasteiger partial charge in [0.05, 0.1) is 39.5 Å². The zero-order valence-electron chi connectivity index (χ0n) is 16.9. The van der Waals surface area contributed by atoms with Crippen LogP contribution in [0.5, 0.6) is 23.0 Å². The third kappa shape index (κ3) is 5.54. The highest BCUT2D eigenvalue weighted by Crippen LogP contribution is 2.33. The number of nitrogens with zero attached hydrogens (tertiary/aromatic N) is 2. The first kappa shape index (κ1) is 22.8. The predicted octanol–water partition coefficient (Wildman–Crippen LogP) is 1.33. The second-order valence-corrected chi connectivity index (χ2v) is 7.91. The lowest BCUT2D eigenvalue weighted by atomic mass is 10.2. The molecule has 2 aromatic rings. The number of ether oxygens (including phenoxy) is 3. The van der Waals surface area contributed by atoms with Crippen LogP contribution < -0.4 is 23.9 Å². The van der Waals surface area contributed by atoms with Crippen molar-refractivity contribution in [2.24, 2.45) is 5.10 Å². The van der Waals surface area contributed by atoms with E-state index in [2.05, 4.69) is 10.5 Å². The summed E-state index contributed by atoms with van der Waals surface area (Å²) in [6, 6.07) is 9.31. The van der Waals surface area contributed by atoms with Gasteiger partial charge in [0.15, 0.2) is 11.5 Å². The Kier molecular flexibility index (Phi) is 7.48. The number of benzene rings is 2. The molecule has 0 atom stereocenters. The van der Waals surface area contributed by atoms with Crippen molar-refractivity contribution in [2.75, 3.05) is 38.4 Å². The molecule has 0 spiro atoms. The van der Waals surface area contributed by atoms with Gasteiger partial charge >= 0.3 is 0 Å². The summed E-state index contributed by atoms with van der Waals surface area (Å²) >= 11 is 0. The number of carbonyl (C=O) groups excluding carboxylic acids is 1. The molecule has 0 aromatic heterocycles. The summed E-state index contributed by atoms with van der Waals surface area (Å²) in [5, 5.41) is 13.8. The van der Waals surface area contributed by atoms with Gasteiger partial charge in [-0.3, -0.25) is 9.10 Å². The van der Waals surface area contributed by atoms with Crippen LogP contribution in [0.25, 0.3) is 0 Å². The van der Waals surface area contributed by atoms with Gasteiger partial charge < -0.3 is 19.3 Å². The molecule has 2 N–H and O–H groups in total. The molecule has 30 heavy (non-hydrogen) atoms. The minimum Gasteiger partial charge on any atom is -0.504 e. The Balaban J connectivity index is 2.20. The number of aromatic hydroxyl groups is 1. The van der Waals surface area contributed by atoms with E-state index in [0.717, 1.165) is 10.6 Å². The maximum absolute atomic E-state index is 12.3. The van der Waals surface area contributed by atoms with Gasteiger partial charge in [-0.25, -0.2) is 13.8 Å². The lowest BCUT2D eigenvalue weighted by molar-refractivity contribution is -0.119. The number of para-hydroxylation sites is 1. The molecular weight excluding hydrogens is 414 g/mol. The molecule has 1 amide bonds. The highest BCUT2D eigenvalue weighted by Gasteiger charge is 2.24. The Morgan fingerprint density at radius 3 is 2.43 bits per heavy atom. The normalized spacial score (nSPS) is 11.2. The Morgan fingerprint density at radius 1 is 1.13 bits per heavy atom. The zero-order valence-corrected chi connectivity index (χ0v) is 17.8. The Morgan fingerprint density at radius 2 is 1.83 bits per heavy atom. The third-order valence-electron chi connectivity index (χ3n) is 3.99. The van der Waals surface area contributed by atoms with Crippen molar-refractivity contribution >= 4 is 27.8 Å². The molecule has 0 aliphatic carbocycles. The molecule has 162 valence electrons. The van der Waals surface area contributed by atoms with Crippen LogP contribution in [0, 0.1) is 0 Å². The van der Waals surface area contributed by atoms with E-state index in [0.29, 0.717) is 11.3 Å². The van der Waals surface area contributed by atoms with Crippen LogP contribution in [0.4, 0.5) is 5.69 Å². The minimum atomic E-state index is -3.81. The summed E-state index contributed by atoms with van der Waals surface area (Å²) in [4.78, 5) is 12.3. The fourth-order valence-corrected chi connectivity index (χ4v) is 3.38. The number of rotatable bonds is 9. The Hall–Kier alpha value is -3.47. The molecule has 0 heterocycles. The highest BCUT2D eigenvalue weighted by atomic mass is 32.2. The first-order valence-electron chi connectivity index (χ1n) is 8.58. The van der Waals surface area contributed by atoms with Gasteiger partial charge in [0.1, 0.15) is 18.0 Å². The molecule has 0 saturated carbocycles. The number of amides is 1. The van der Waals surface area contributed by atoms with E-state index in [4.69, 9.17) is 14.2 Å². The highest BCUT2D eigenvalue weighted by molar-refractivity contribution is 7.92. The predicted molar refractivity (Wildman–Crippen MR) is 112 cm³/mol. The van der Waals surface area contributed by atoms with Gasteiger partial charge in [0.25, 0.3) is 5.91 Å². The smallest absolute Gasteiger partial charge is 0.260 e. The molecule has 11 heteroatoms. The number of phenols is 1. The molecule has 0 radical (unpaired) electrons. The molecule has 0 saturated heterocycles. The van der Waals surface area contributed by atoms with Crippen LogP contribution in [0.1, 0.15) is 5.56 Å². The van der Waals surface area contributed by atoms with Gasteiger partial charge in [-0.15, -0.1) is 0 Å². The van der Waals surface area contributed by atoms with Crippen molar-refractivity contribution in [2.45, 2.75) is 0 Å². The molecule has 0 aliphatic rings. The number of hydrazone groups is 1. The summed E-state index contributed by atoms with van der Waals surface area (Å²) < 4.78 is 40.8. The molecule has 2 rings (SSSR count). The van der Waals surface area contributed by atoms with Crippen LogP contribution in [-0.2, 0) is 14.8 Å². The van der Waals surface area contributed by atoms with E-state index in [1.807, 2.05) is 0 Å². The molecule has 10 nitrogen and oxygen atoms in total. The van der Waals surface area contributed by atoms with Gasteiger partial charge in [-0.1, -0.05) is 6.07 Å². The van der Waals surface area contributed by atoms with Crippen molar-refractivity contribution in [3.05, 3.63) is 42.0 Å². The first-order valence-corrected chi connectivity index (χ1v) is 10.4. The molecule has 0 fully saturated rings. The van der Waals surface area contributed by atoms with Gasteiger partial charge in [-0.05, 0) is 24.3 Å². The van der Waals surface area contributed by atoms with Crippen LogP contribution in [-0.4, -0.2) is 59.8 Å². The molecule has 2 aromatic carbocycles. The van der Waals surface area contributed by atoms with Crippen LogP contribution in [0.3, 0.4) is 0 Å². The minimum absolute atomic E-state index is 0.140. The first-order chi connectivity index (χ1) is 14.2. The summed E-state index contributed by atoms with van der Waals surface area (Å²) in [5.41, 5.74) is 2.72. The maximum Gasteiger partial charge on any atom is 0.260 e. The second-order valence-electron chi connectivity index (χ2n) is 6.00. The quantitative estimate of drug-likeness (QED) is 0.448.